The number of carbonyl (C=O) groups is 1. The van der Waals surface area contributed by atoms with Crippen LogP contribution in [0.2, 0.25) is 0 Å². The van der Waals surface area contributed by atoms with Crippen molar-refractivity contribution in [1.82, 2.24) is 4.98 Å². The van der Waals surface area contributed by atoms with Crippen molar-refractivity contribution in [2.75, 3.05) is 0 Å². The van der Waals surface area contributed by atoms with Crippen LogP contribution in [0, 0.1) is 0 Å². The Morgan fingerprint density at radius 3 is 2.65 bits per heavy atom. The Labute approximate surface area is 125 Å². The van der Waals surface area contributed by atoms with Crippen LogP contribution >= 0.6 is 15.9 Å². The van der Waals surface area contributed by atoms with Gasteiger partial charge in [-0.25, -0.2) is 9.78 Å². The molecule has 20 heavy (non-hydrogen) atoms. The van der Waals surface area contributed by atoms with Gasteiger partial charge in [0.25, 0.3) is 0 Å². The number of nitrogens with zero attached hydrogens (tertiary/aromatic N) is 1. The zero-order valence-corrected chi connectivity index (χ0v) is 12.7. The van der Waals surface area contributed by atoms with Crippen molar-refractivity contribution in [2.24, 2.45) is 0 Å². The molecule has 2 rings (SSSR count). The topological polar surface area (TPSA) is 59.4 Å². The van der Waals surface area contributed by atoms with Gasteiger partial charge in [0.05, 0.1) is 5.56 Å². The van der Waals surface area contributed by atoms with E-state index in [0.717, 1.165) is 4.47 Å². The van der Waals surface area contributed by atoms with E-state index in [1.54, 1.807) is 18.2 Å². The molecule has 0 aliphatic heterocycles. The lowest BCUT2D eigenvalue weighted by Crippen LogP contribution is -2.03. The number of halogens is 1. The highest BCUT2D eigenvalue weighted by Gasteiger charge is 2.12. The highest BCUT2D eigenvalue weighted by molar-refractivity contribution is 9.10. The van der Waals surface area contributed by atoms with Gasteiger partial charge < -0.3 is 9.84 Å². The quantitative estimate of drug-likeness (QED) is 0.896. The molecule has 1 N–H and O–H groups in total. The number of aromatic nitrogens is 1. The largest absolute Gasteiger partial charge is 0.478 e. The molecule has 2 aromatic rings. The van der Waals surface area contributed by atoms with E-state index in [1.807, 2.05) is 26.0 Å². The van der Waals surface area contributed by atoms with Gasteiger partial charge in [-0.1, -0.05) is 35.8 Å². The lowest BCUT2D eigenvalue weighted by Gasteiger charge is -2.10. The smallest absolute Gasteiger partial charge is 0.335 e. The van der Waals surface area contributed by atoms with E-state index in [0.29, 0.717) is 11.4 Å². The number of pyridine rings is 1. The number of hydrogen-bond donors (Lipinski definition) is 1. The van der Waals surface area contributed by atoms with Gasteiger partial charge in [0.15, 0.2) is 0 Å². The number of carboxylic acids is 1. The molecule has 5 heteroatoms. The lowest BCUT2D eigenvalue weighted by molar-refractivity contribution is 0.0696. The monoisotopic (exact) mass is 335 g/mol. The maximum atomic E-state index is 11.1. The van der Waals surface area contributed by atoms with Gasteiger partial charge in [-0.2, -0.15) is 0 Å². The second kappa shape index (κ2) is 6.05. The van der Waals surface area contributed by atoms with Crippen molar-refractivity contribution < 1.29 is 14.6 Å². The van der Waals surface area contributed by atoms with Crippen molar-refractivity contribution in [3.05, 3.63) is 52.1 Å². The minimum atomic E-state index is -0.992. The molecule has 0 saturated carbocycles. The summed E-state index contributed by atoms with van der Waals surface area (Å²) in [6.45, 7) is 3.91. The summed E-state index contributed by atoms with van der Waals surface area (Å²) in [6.07, 6.45) is 0. The molecule has 104 valence electrons. The van der Waals surface area contributed by atoms with Crippen molar-refractivity contribution in [3.8, 4) is 11.6 Å². The fraction of sp³-hybridized carbons (Fsp3) is 0.200. The minimum Gasteiger partial charge on any atom is -0.478 e. The highest BCUT2D eigenvalue weighted by atomic mass is 79.9. The molecule has 0 amide bonds. The number of benzene rings is 1. The van der Waals surface area contributed by atoms with Gasteiger partial charge in [-0.3, -0.25) is 0 Å². The molecule has 0 atom stereocenters. The van der Waals surface area contributed by atoms with Crippen LogP contribution in [0.5, 0.6) is 11.6 Å². The van der Waals surface area contributed by atoms with Gasteiger partial charge in [-0.05, 0) is 30.2 Å². The Bertz CT molecular complexity index is 641. The molecule has 0 fully saturated rings. The van der Waals surface area contributed by atoms with Crippen LogP contribution in [0.1, 0.15) is 35.8 Å². The van der Waals surface area contributed by atoms with E-state index < -0.39 is 5.97 Å². The van der Waals surface area contributed by atoms with Crippen LogP contribution in [-0.4, -0.2) is 16.1 Å². The molecule has 0 aliphatic carbocycles. The third kappa shape index (κ3) is 3.57. The van der Waals surface area contributed by atoms with E-state index in [4.69, 9.17) is 9.84 Å². The van der Waals surface area contributed by atoms with Gasteiger partial charge in [-0.15, -0.1) is 0 Å². The van der Waals surface area contributed by atoms with Gasteiger partial charge in [0.2, 0.25) is 5.88 Å². The van der Waals surface area contributed by atoms with Crippen LogP contribution in [0.3, 0.4) is 0 Å². The first-order chi connectivity index (χ1) is 9.45. The summed E-state index contributed by atoms with van der Waals surface area (Å²) in [6, 6.07) is 10.3. The molecule has 0 unspecified atom stereocenters. The Morgan fingerprint density at radius 1 is 1.30 bits per heavy atom. The zero-order chi connectivity index (χ0) is 14.7. The SMILES string of the molecule is CC(C)c1cc(C(=O)O)cc(Oc2cccc(Br)c2)n1. The number of ether oxygens (including phenoxy) is 1. The summed E-state index contributed by atoms with van der Waals surface area (Å²) in [5.41, 5.74) is 0.864. The Hall–Kier alpha value is -1.88. The van der Waals surface area contributed by atoms with Crippen LogP contribution in [-0.2, 0) is 0 Å². The van der Waals surface area contributed by atoms with E-state index in [9.17, 15) is 4.79 Å². The Kier molecular flexibility index (Phi) is 4.39. The third-order valence-electron chi connectivity index (χ3n) is 2.68. The molecule has 1 heterocycles. The van der Waals surface area contributed by atoms with Crippen LogP contribution in [0.15, 0.2) is 40.9 Å². The van der Waals surface area contributed by atoms with E-state index in [-0.39, 0.29) is 17.4 Å². The Balaban J connectivity index is 2.38. The number of rotatable bonds is 4. The summed E-state index contributed by atoms with van der Waals surface area (Å²) in [7, 11) is 0. The maximum Gasteiger partial charge on any atom is 0.335 e. The van der Waals surface area contributed by atoms with Crippen LogP contribution < -0.4 is 4.74 Å². The van der Waals surface area contributed by atoms with Crippen molar-refractivity contribution >= 4 is 21.9 Å². The molecule has 1 aromatic heterocycles. The summed E-state index contributed by atoms with van der Waals surface area (Å²) in [5, 5.41) is 9.13. The first-order valence-electron chi connectivity index (χ1n) is 6.14. The number of carboxylic acid groups (broad SMARTS) is 1. The summed E-state index contributed by atoms with van der Waals surface area (Å²) in [5.74, 6) is 0.0170. The second-order valence-corrected chi connectivity index (χ2v) is 5.55. The van der Waals surface area contributed by atoms with Crippen molar-refractivity contribution in [3.63, 3.8) is 0 Å². The minimum absolute atomic E-state index is 0.124. The molecule has 0 spiro atoms. The molecule has 1 aromatic carbocycles. The zero-order valence-electron chi connectivity index (χ0n) is 11.1. The molecule has 0 aliphatic rings. The van der Waals surface area contributed by atoms with E-state index in [1.165, 1.54) is 6.07 Å². The predicted octanol–water partition coefficient (Wildman–Crippen LogP) is 4.46. The first-order valence-corrected chi connectivity index (χ1v) is 6.93. The highest BCUT2D eigenvalue weighted by Crippen LogP contribution is 2.25. The van der Waals surface area contributed by atoms with Gasteiger partial charge in [0, 0.05) is 16.2 Å². The Morgan fingerprint density at radius 2 is 2.05 bits per heavy atom. The van der Waals surface area contributed by atoms with Crippen LogP contribution in [0.25, 0.3) is 0 Å². The van der Waals surface area contributed by atoms with Gasteiger partial charge >= 0.3 is 5.97 Å². The predicted molar refractivity (Wildman–Crippen MR) is 79.5 cm³/mol. The fourth-order valence-corrected chi connectivity index (χ4v) is 2.03. The summed E-state index contributed by atoms with van der Waals surface area (Å²) >= 11 is 3.36. The third-order valence-corrected chi connectivity index (χ3v) is 3.17. The molecule has 0 radical (unpaired) electrons. The average Bonchev–Trinajstić information content (AvgIpc) is 2.38. The molecule has 0 bridgehead atoms. The number of aromatic carboxylic acids is 1. The maximum absolute atomic E-state index is 11.1. The molecular weight excluding hydrogens is 322 g/mol. The first kappa shape index (κ1) is 14.5. The van der Waals surface area contributed by atoms with E-state index in [2.05, 4.69) is 20.9 Å². The van der Waals surface area contributed by atoms with Crippen molar-refractivity contribution in [2.45, 2.75) is 19.8 Å². The summed E-state index contributed by atoms with van der Waals surface area (Å²) < 4.78 is 6.52. The molecule has 4 nitrogen and oxygen atoms in total. The van der Waals surface area contributed by atoms with Gasteiger partial charge in [0.1, 0.15) is 5.75 Å². The fourth-order valence-electron chi connectivity index (χ4n) is 1.65. The van der Waals surface area contributed by atoms with E-state index >= 15 is 0 Å². The van der Waals surface area contributed by atoms with Crippen LogP contribution in [0.4, 0.5) is 0 Å². The molecule has 0 saturated heterocycles. The average molecular weight is 336 g/mol. The second-order valence-electron chi connectivity index (χ2n) is 4.64. The summed E-state index contributed by atoms with van der Waals surface area (Å²) in [4.78, 5) is 15.5. The lowest BCUT2D eigenvalue weighted by atomic mass is 10.1. The standard InChI is InChI=1S/C15H14BrNO3/c1-9(2)13-6-10(15(18)19)7-14(17-13)20-12-5-3-4-11(16)8-12/h3-9H,1-2H3,(H,18,19). The number of hydrogen-bond acceptors (Lipinski definition) is 3. The normalized spacial score (nSPS) is 10.6. The van der Waals surface area contributed by atoms with Crippen molar-refractivity contribution in [1.29, 1.82) is 0 Å². The molecular formula is C15H14BrNO3.